The fourth-order valence-electron chi connectivity index (χ4n) is 1.79. The van der Waals surface area contributed by atoms with Crippen molar-refractivity contribution in [1.29, 1.82) is 0 Å². The molecule has 0 amide bonds. The maximum Gasteiger partial charge on any atom is 0.151 e. The van der Waals surface area contributed by atoms with Gasteiger partial charge in [-0.3, -0.25) is 0 Å². The Bertz CT molecular complexity index is 476. The van der Waals surface area contributed by atoms with Crippen LogP contribution in [0.15, 0.2) is 18.2 Å². The van der Waals surface area contributed by atoms with Crippen molar-refractivity contribution in [1.82, 2.24) is 9.55 Å². The molecule has 3 nitrogen and oxygen atoms in total. The van der Waals surface area contributed by atoms with Crippen molar-refractivity contribution in [2.75, 3.05) is 0 Å². The van der Waals surface area contributed by atoms with Crippen molar-refractivity contribution in [2.24, 2.45) is 5.73 Å². The van der Waals surface area contributed by atoms with Gasteiger partial charge < -0.3 is 10.3 Å². The maximum absolute atomic E-state index is 13.4. The number of aryl methyl sites for hydroxylation is 1. The first-order chi connectivity index (χ1) is 7.27. The van der Waals surface area contributed by atoms with E-state index in [1.165, 1.54) is 6.07 Å². The van der Waals surface area contributed by atoms with E-state index in [9.17, 15) is 4.39 Å². The molecule has 0 saturated carbocycles. The molecule has 2 N–H and O–H groups in total. The lowest BCUT2D eigenvalue weighted by molar-refractivity contribution is 0.637. The number of benzene rings is 1. The monoisotopic (exact) mass is 207 g/mol. The van der Waals surface area contributed by atoms with Gasteiger partial charge in [0.15, 0.2) is 5.82 Å². The molecule has 0 atom stereocenters. The van der Waals surface area contributed by atoms with E-state index >= 15 is 0 Å². The number of hydrogen-bond donors (Lipinski definition) is 1. The first-order valence-corrected chi connectivity index (χ1v) is 5.11. The summed E-state index contributed by atoms with van der Waals surface area (Å²) in [5, 5.41) is 0. The van der Waals surface area contributed by atoms with Crippen molar-refractivity contribution in [3.8, 4) is 0 Å². The van der Waals surface area contributed by atoms with Crippen LogP contribution in [-0.4, -0.2) is 9.55 Å². The first kappa shape index (κ1) is 10.1. The average molecular weight is 207 g/mol. The van der Waals surface area contributed by atoms with Crippen LogP contribution in [0.1, 0.15) is 19.2 Å². The molecule has 0 bridgehead atoms. The van der Waals surface area contributed by atoms with E-state index in [1.807, 2.05) is 10.6 Å². The number of imidazole rings is 1. The molecule has 1 aromatic carbocycles. The van der Waals surface area contributed by atoms with Gasteiger partial charge in [0, 0.05) is 6.54 Å². The Balaban J connectivity index is 2.68. The predicted molar refractivity (Wildman–Crippen MR) is 57.9 cm³/mol. The Morgan fingerprint density at radius 3 is 2.93 bits per heavy atom. The van der Waals surface area contributed by atoms with E-state index in [2.05, 4.69) is 11.9 Å². The molecule has 4 heteroatoms. The minimum Gasteiger partial charge on any atom is -0.327 e. The summed E-state index contributed by atoms with van der Waals surface area (Å²) in [4.78, 5) is 4.21. The van der Waals surface area contributed by atoms with Gasteiger partial charge in [0.2, 0.25) is 0 Å². The number of para-hydroxylation sites is 1. The summed E-state index contributed by atoms with van der Waals surface area (Å²) < 4.78 is 15.4. The van der Waals surface area contributed by atoms with Gasteiger partial charge in [-0.2, -0.15) is 0 Å². The second-order valence-corrected chi connectivity index (χ2v) is 3.49. The van der Waals surface area contributed by atoms with Gasteiger partial charge >= 0.3 is 0 Å². The van der Waals surface area contributed by atoms with Crippen molar-refractivity contribution in [2.45, 2.75) is 26.4 Å². The molecule has 0 aliphatic rings. The molecule has 0 aliphatic carbocycles. The quantitative estimate of drug-likeness (QED) is 0.837. The van der Waals surface area contributed by atoms with Crippen molar-refractivity contribution >= 4 is 11.0 Å². The SMILES string of the molecule is CCCn1c(CN)nc2c(F)cccc21. The number of halogens is 1. The number of nitrogens with two attached hydrogens (primary N) is 1. The lowest BCUT2D eigenvalue weighted by Gasteiger charge is -2.05. The van der Waals surface area contributed by atoms with Crippen molar-refractivity contribution in [3.05, 3.63) is 29.8 Å². The molecule has 1 aromatic heterocycles. The molecule has 2 aromatic rings. The van der Waals surface area contributed by atoms with Crippen LogP contribution in [-0.2, 0) is 13.1 Å². The van der Waals surface area contributed by atoms with Crippen LogP contribution in [0.4, 0.5) is 4.39 Å². The summed E-state index contributed by atoms with van der Waals surface area (Å²) in [6.45, 7) is 3.24. The van der Waals surface area contributed by atoms with Gasteiger partial charge in [0.1, 0.15) is 11.3 Å². The molecule has 0 radical (unpaired) electrons. The molecule has 2 rings (SSSR count). The molecular formula is C11H14FN3. The Morgan fingerprint density at radius 2 is 2.27 bits per heavy atom. The van der Waals surface area contributed by atoms with Crippen LogP contribution in [0.3, 0.4) is 0 Å². The van der Waals surface area contributed by atoms with Gasteiger partial charge in [-0.05, 0) is 18.6 Å². The second kappa shape index (κ2) is 3.98. The summed E-state index contributed by atoms with van der Waals surface area (Å²) in [6, 6.07) is 5.00. The Labute approximate surface area is 87.7 Å². The zero-order valence-corrected chi connectivity index (χ0v) is 8.70. The second-order valence-electron chi connectivity index (χ2n) is 3.49. The summed E-state index contributed by atoms with van der Waals surface area (Å²) in [5.74, 6) is 0.467. The highest BCUT2D eigenvalue weighted by Crippen LogP contribution is 2.19. The fourth-order valence-corrected chi connectivity index (χ4v) is 1.79. The van der Waals surface area contributed by atoms with Gasteiger partial charge in [0.05, 0.1) is 12.1 Å². The Kier molecular flexibility index (Phi) is 2.68. The summed E-state index contributed by atoms with van der Waals surface area (Å²) in [7, 11) is 0. The lowest BCUT2D eigenvalue weighted by atomic mass is 10.3. The van der Waals surface area contributed by atoms with E-state index in [0.717, 1.165) is 24.3 Å². The van der Waals surface area contributed by atoms with E-state index in [-0.39, 0.29) is 5.82 Å². The molecule has 0 fully saturated rings. The molecule has 80 valence electrons. The summed E-state index contributed by atoms with van der Waals surface area (Å²) >= 11 is 0. The van der Waals surface area contributed by atoms with Crippen LogP contribution in [0.25, 0.3) is 11.0 Å². The zero-order valence-electron chi connectivity index (χ0n) is 8.70. The molecular weight excluding hydrogens is 193 g/mol. The highest BCUT2D eigenvalue weighted by Gasteiger charge is 2.11. The Hall–Kier alpha value is -1.42. The molecule has 0 spiro atoms. The van der Waals surface area contributed by atoms with Crippen molar-refractivity contribution in [3.63, 3.8) is 0 Å². The molecule has 0 saturated heterocycles. The van der Waals surface area contributed by atoms with Crippen LogP contribution in [0, 0.1) is 5.82 Å². The molecule has 0 aliphatic heterocycles. The van der Waals surface area contributed by atoms with Crippen LogP contribution < -0.4 is 5.73 Å². The smallest absolute Gasteiger partial charge is 0.151 e. The highest BCUT2D eigenvalue weighted by atomic mass is 19.1. The van der Waals surface area contributed by atoms with Crippen molar-refractivity contribution < 1.29 is 4.39 Å². The van der Waals surface area contributed by atoms with Crippen LogP contribution >= 0.6 is 0 Å². The topological polar surface area (TPSA) is 43.8 Å². The average Bonchev–Trinajstić information content (AvgIpc) is 2.59. The van der Waals surface area contributed by atoms with Gasteiger partial charge in [0.25, 0.3) is 0 Å². The largest absolute Gasteiger partial charge is 0.327 e. The summed E-state index contributed by atoms with van der Waals surface area (Å²) in [6.07, 6.45) is 0.981. The Morgan fingerprint density at radius 1 is 1.47 bits per heavy atom. The predicted octanol–water partition coefficient (Wildman–Crippen LogP) is 2.04. The third-order valence-corrected chi connectivity index (χ3v) is 2.44. The van der Waals surface area contributed by atoms with E-state index in [0.29, 0.717) is 12.1 Å². The number of aromatic nitrogens is 2. The number of hydrogen-bond acceptors (Lipinski definition) is 2. The van der Waals surface area contributed by atoms with Gasteiger partial charge in [-0.1, -0.05) is 13.0 Å². The third kappa shape index (κ3) is 1.61. The lowest BCUT2D eigenvalue weighted by Crippen LogP contribution is -2.08. The van der Waals surface area contributed by atoms with Gasteiger partial charge in [-0.25, -0.2) is 9.37 Å². The number of fused-ring (bicyclic) bond motifs is 1. The van der Waals surface area contributed by atoms with E-state index in [1.54, 1.807) is 6.07 Å². The van der Waals surface area contributed by atoms with E-state index in [4.69, 9.17) is 5.73 Å². The van der Waals surface area contributed by atoms with Crippen LogP contribution in [0.5, 0.6) is 0 Å². The van der Waals surface area contributed by atoms with Crippen LogP contribution in [0.2, 0.25) is 0 Å². The van der Waals surface area contributed by atoms with E-state index < -0.39 is 0 Å². The highest BCUT2D eigenvalue weighted by molar-refractivity contribution is 5.76. The normalized spacial score (nSPS) is 11.1. The molecule has 1 heterocycles. The zero-order chi connectivity index (χ0) is 10.8. The first-order valence-electron chi connectivity index (χ1n) is 5.11. The fraction of sp³-hybridized carbons (Fsp3) is 0.364. The third-order valence-electron chi connectivity index (χ3n) is 2.44. The number of nitrogens with zero attached hydrogens (tertiary/aromatic N) is 2. The molecule has 15 heavy (non-hydrogen) atoms. The maximum atomic E-state index is 13.4. The number of rotatable bonds is 3. The molecule has 0 unspecified atom stereocenters. The summed E-state index contributed by atoms with van der Waals surface area (Å²) in [5.41, 5.74) is 6.84. The van der Waals surface area contributed by atoms with Gasteiger partial charge in [-0.15, -0.1) is 0 Å². The minimum absolute atomic E-state index is 0.281. The minimum atomic E-state index is -0.281. The standard InChI is InChI=1S/C11H14FN3/c1-2-6-15-9-5-3-4-8(12)11(9)14-10(15)7-13/h3-5H,2,6-7,13H2,1H3.